The van der Waals surface area contributed by atoms with Crippen molar-refractivity contribution in [2.75, 3.05) is 6.54 Å². The van der Waals surface area contributed by atoms with Crippen LogP contribution in [0, 0.1) is 10.1 Å². The van der Waals surface area contributed by atoms with E-state index in [2.05, 4.69) is 22.1 Å². The SMILES string of the molecule is CCCN1C(=S)N[C@H](c2ccccn2)[C@@H]1c1ccc(-c2cccc([N+](=O)[O-])c2)o1. The molecular formula is C21H20N4O3S. The van der Waals surface area contributed by atoms with Crippen molar-refractivity contribution in [1.82, 2.24) is 15.2 Å². The molecule has 0 amide bonds. The molecule has 2 aromatic heterocycles. The molecule has 1 N–H and O–H groups in total. The average Bonchev–Trinajstić information content (AvgIpc) is 3.34. The summed E-state index contributed by atoms with van der Waals surface area (Å²) in [5, 5.41) is 15.1. The van der Waals surface area contributed by atoms with Crippen LogP contribution in [0.3, 0.4) is 0 Å². The summed E-state index contributed by atoms with van der Waals surface area (Å²) in [7, 11) is 0. The zero-order valence-electron chi connectivity index (χ0n) is 15.8. The van der Waals surface area contributed by atoms with E-state index < -0.39 is 4.92 Å². The monoisotopic (exact) mass is 408 g/mol. The number of furan rings is 1. The number of pyridine rings is 1. The Morgan fingerprint density at radius 3 is 2.83 bits per heavy atom. The summed E-state index contributed by atoms with van der Waals surface area (Å²) in [5.74, 6) is 1.32. The highest BCUT2D eigenvalue weighted by Crippen LogP contribution is 2.40. The van der Waals surface area contributed by atoms with E-state index in [0.717, 1.165) is 24.4 Å². The summed E-state index contributed by atoms with van der Waals surface area (Å²) >= 11 is 5.58. The van der Waals surface area contributed by atoms with Crippen molar-refractivity contribution in [3.05, 3.63) is 82.4 Å². The van der Waals surface area contributed by atoms with E-state index in [1.165, 1.54) is 12.1 Å². The minimum absolute atomic E-state index is 0.0307. The van der Waals surface area contributed by atoms with Crippen LogP contribution in [0.1, 0.15) is 36.9 Å². The van der Waals surface area contributed by atoms with E-state index in [9.17, 15) is 10.1 Å². The highest BCUT2D eigenvalue weighted by Gasteiger charge is 2.41. The first-order valence-corrected chi connectivity index (χ1v) is 9.82. The second-order valence-corrected chi connectivity index (χ2v) is 7.22. The summed E-state index contributed by atoms with van der Waals surface area (Å²) in [6.45, 7) is 2.89. The third-order valence-electron chi connectivity index (χ3n) is 4.92. The molecule has 0 aliphatic carbocycles. The minimum Gasteiger partial charge on any atom is -0.459 e. The van der Waals surface area contributed by atoms with E-state index >= 15 is 0 Å². The average molecular weight is 408 g/mol. The van der Waals surface area contributed by atoms with Crippen molar-refractivity contribution in [2.45, 2.75) is 25.4 Å². The number of nitrogens with one attached hydrogen (secondary N) is 1. The van der Waals surface area contributed by atoms with E-state index in [1.807, 2.05) is 30.3 Å². The van der Waals surface area contributed by atoms with Gasteiger partial charge in [0.05, 0.1) is 16.7 Å². The predicted molar refractivity (Wildman–Crippen MR) is 113 cm³/mol. The Morgan fingerprint density at radius 1 is 1.24 bits per heavy atom. The third-order valence-corrected chi connectivity index (χ3v) is 5.27. The Balaban J connectivity index is 1.72. The van der Waals surface area contributed by atoms with Crippen molar-refractivity contribution in [1.29, 1.82) is 0 Å². The van der Waals surface area contributed by atoms with Gasteiger partial charge in [0, 0.05) is 30.4 Å². The maximum Gasteiger partial charge on any atom is 0.270 e. The molecular weight excluding hydrogens is 388 g/mol. The fourth-order valence-electron chi connectivity index (χ4n) is 3.64. The van der Waals surface area contributed by atoms with Crippen LogP contribution >= 0.6 is 12.2 Å². The number of aromatic nitrogens is 1. The number of nitro groups is 1. The smallest absolute Gasteiger partial charge is 0.270 e. The molecule has 0 unspecified atom stereocenters. The van der Waals surface area contributed by atoms with Crippen molar-refractivity contribution < 1.29 is 9.34 Å². The van der Waals surface area contributed by atoms with Gasteiger partial charge in [0.1, 0.15) is 17.6 Å². The first-order chi connectivity index (χ1) is 14.1. The van der Waals surface area contributed by atoms with Gasteiger partial charge in [0.2, 0.25) is 0 Å². The Morgan fingerprint density at radius 2 is 2.10 bits per heavy atom. The van der Waals surface area contributed by atoms with Crippen molar-refractivity contribution in [2.24, 2.45) is 0 Å². The van der Waals surface area contributed by atoms with Gasteiger partial charge in [-0.2, -0.15) is 0 Å². The predicted octanol–water partition coefficient (Wildman–Crippen LogP) is 4.63. The zero-order chi connectivity index (χ0) is 20.4. The number of nitrogens with zero attached hydrogens (tertiary/aromatic N) is 3. The number of thiocarbonyl (C=S) groups is 1. The largest absolute Gasteiger partial charge is 0.459 e. The Bertz CT molecular complexity index is 1040. The van der Waals surface area contributed by atoms with Gasteiger partial charge in [0.15, 0.2) is 5.11 Å². The molecule has 0 spiro atoms. The molecule has 3 heterocycles. The van der Waals surface area contributed by atoms with Crippen LogP contribution in [-0.4, -0.2) is 26.5 Å². The second kappa shape index (κ2) is 8.00. The summed E-state index contributed by atoms with van der Waals surface area (Å²) in [6.07, 6.45) is 2.70. The number of hydrogen-bond donors (Lipinski definition) is 1. The molecule has 29 heavy (non-hydrogen) atoms. The number of hydrogen-bond acceptors (Lipinski definition) is 5. The van der Waals surface area contributed by atoms with Gasteiger partial charge in [-0.05, 0) is 42.9 Å². The van der Waals surface area contributed by atoms with Gasteiger partial charge < -0.3 is 14.6 Å². The number of non-ortho nitro benzene ring substituents is 1. The molecule has 7 nitrogen and oxygen atoms in total. The summed E-state index contributed by atoms with van der Waals surface area (Å²) in [5.41, 5.74) is 1.57. The van der Waals surface area contributed by atoms with E-state index in [4.69, 9.17) is 16.6 Å². The van der Waals surface area contributed by atoms with E-state index in [0.29, 0.717) is 16.4 Å². The number of rotatable bonds is 6. The lowest BCUT2D eigenvalue weighted by Crippen LogP contribution is -2.30. The molecule has 0 radical (unpaired) electrons. The van der Waals surface area contributed by atoms with Gasteiger partial charge in [-0.1, -0.05) is 25.1 Å². The summed E-state index contributed by atoms with van der Waals surface area (Å²) in [4.78, 5) is 17.3. The maximum absolute atomic E-state index is 11.1. The normalized spacial score (nSPS) is 18.7. The minimum atomic E-state index is -0.410. The highest BCUT2D eigenvalue weighted by atomic mass is 32.1. The molecule has 1 aliphatic heterocycles. The third kappa shape index (κ3) is 3.71. The van der Waals surface area contributed by atoms with Gasteiger partial charge in [0.25, 0.3) is 5.69 Å². The van der Waals surface area contributed by atoms with Crippen LogP contribution in [-0.2, 0) is 0 Å². The van der Waals surface area contributed by atoms with Crippen LogP contribution in [0.2, 0.25) is 0 Å². The lowest BCUT2D eigenvalue weighted by Gasteiger charge is -2.25. The molecule has 1 fully saturated rings. The standard InChI is InChI=1S/C21H20N4O3S/c1-2-12-24-20(19(23-21(24)29)16-8-3-4-11-22-16)18-10-9-17(28-18)14-6-5-7-15(13-14)25(26)27/h3-11,13,19-20H,2,12H2,1H3,(H,23,29)/t19-,20+/m1/s1. The first kappa shape index (κ1) is 19.1. The van der Waals surface area contributed by atoms with Gasteiger partial charge >= 0.3 is 0 Å². The summed E-state index contributed by atoms with van der Waals surface area (Å²) < 4.78 is 6.17. The van der Waals surface area contributed by atoms with Crippen molar-refractivity contribution >= 4 is 23.0 Å². The summed E-state index contributed by atoms with van der Waals surface area (Å²) in [6, 6.07) is 15.7. The van der Waals surface area contributed by atoms with Crippen LogP contribution < -0.4 is 5.32 Å². The second-order valence-electron chi connectivity index (χ2n) is 6.83. The fourth-order valence-corrected chi connectivity index (χ4v) is 3.97. The molecule has 8 heteroatoms. The molecule has 1 saturated heterocycles. The molecule has 0 saturated carbocycles. The molecule has 1 aromatic carbocycles. The Hall–Kier alpha value is -3.26. The Labute approximate surface area is 173 Å². The fraction of sp³-hybridized carbons (Fsp3) is 0.238. The highest BCUT2D eigenvalue weighted by molar-refractivity contribution is 7.80. The van der Waals surface area contributed by atoms with Crippen LogP contribution in [0.15, 0.2) is 65.2 Å². The Kier molecular flexibility index (Phi) is 5.26. The van der Waals surface area contributed by atoms with E-state index in [-0.39, 0.29) is 17.8 Å². The molecule has 1 aliphatic rings. The van der Waals surface area contributed by atoms with E-state index in [1.54, 1.807) is 18.3 Å². The number of nitro benzene ring substituents is 1. The van der Waals surface area contributed by atoms with Crippen LogP contribution in [0.25, 0.3) is 11.3 Å². The first-order valence-electron chi connectivity index (χ1n) is 9.41. The molecule has 4 rings (SSSR count). The topological polar surface area (TPSA) is 84.4 Å². The lowest BCUT2D eigenvalue weighted by atomic mass is 10.0. The lowest BCUT2D eigenvalue weighted by molar-refractivity contribution is -0.384. The van der Waals surface area contributed by atoms with Gasteiger partial charge in [-0.15, -0.1) is 0 Å². The van der Waals surface area contributed by atoms with Gasteiger partial charge in [-0.25, -0.2) is 0 Å². The molecule has 3 aromatic rings. The molecule has 2 atom stereocenters. The zero-order valence-corrected chi connectivity index (χ0v) is 16.6. The van der Waals surface area contributed by atoms with Crippen LogP contribution in [0.5, 0.6) is 0 Å². The molecule has 148 valence electrons. The van der Waals surface area contributed by atoms with Crippen molar-refractivity contribution in [3.8, 4) is 11.3 Å². The van der Waals surface area contributed by atoms with Gasteiger partial charge in [-0.3, -0.25) is 15.1 Å². The molecule has 0 bridgehead atoms. The quantitative estimate of drug-likeness (QED) is 0.361. The van der Waals surface area contributed by atoms with Crippen LogP contribution in [0.4, 0.5) is 5.69 Å². The number of benzene rings is 1. The van der Waals surface area contributed by atoms with Crippen molar-refractivity contribution in [3.63, 3.8) is 0 Å². The maximum atomic E-state index is 11.1.